The van der Waals surface area contributed by atoms with Crippen molar-refractivity contribution in [3.8, 4) is 55.6 Å². The van der Waals surface area contributed by atoms with Crippen LogP contribution in [0.4, 0.5) is 17.1 Å². The Kier molecular flexibility index (Phi) is 9.14. The molecule has 1 nitrogen and oxygen atoms in total. The van der Waals surface area contributed by atoms with E-state index in [0.717, 1.165) is 17.1 Å². The number of benzene rings is 10. The molecule has 0 N–H and O–H groups in total. The summed E-state index contributed by atoms with van der Waals surface area (Å²) in [5.41, 5.74) is 22.5. The molecular formula is C64H47N. The van der Waals surface area contributed by atoms with Crippen molar-refractivity contribution in [3.63, 3.8) is 0 Å². The van der Waals surface area contributed by atoms with E-state index >= 15 is 0 Å². The van der Waals surface area contributed by atoms with Gasteiger partial charge in [-0.1, -0.05) is 226 Å². The zero-order valence-electron chi connectivity index (χ0n) is 36.6. The molecule has 0 saturated carbocycles. The monoisotopic (exact) mass is 829 g/mol. The molecule has 10 aromatic carbocycles. The average Bonchev–Trinajstić information content (AvgIpc) is 3.53. The van der Waals surface area contributed by atoms with Gasteiger partial charge in [0.2, 0.25) is 0 Å². The first-order valence-electron chi connectivity index (χ1n) is 22.8. The summed E-state index contributed by atoms with van der Waals surface area (Å²) in [5, 5.41) is 0. The fourth-order valence-corrected chi connectivity index (χ4v) is 11.2. The summed E-state index contributed by atoms with van der Waals surface area (Å²) in [5.74, 6) is 0. The largest absolute Gasteiger partial charge is 0.310 e. The van der Waals surface area contributed by atoms with Gasteiger partial charge in [0.25, 0.3) is 0 Å². The summed E-state index contributed by atoms with van der Waals surface area (Å²) >= 11 is 0. The summed E-state index contributed by atoms with van der Waals surface area (Å²) in [4.78, 5) is 2.52. The van der Waals surface area contributed by atoms with Crippen LogP contribution in [0.3, 0.4) is 0 Å². The lowest BCUT2D eigenvalue weighted by atomic mass is 9.63. The lowest BCUT2D eigenvalue weighted by Gasteiger charge is -2.39. The van der Waals surface area contributed by atoms with Gasteiger partial charge in [-0.25, -0.2) is 0 Å². The van der Waals surface area contributed by atoms with Crippen LogP contribution in [-0.4, -0.2) is 0 Å². The molecule has 12 rings (SSSR count). The molecule has 0 unspecified atom stereocenters. The maximum absolute atomic E-state index is 2.52. The minimum Gasteiger partial charge on any atom is -0.310 e. The normalized spacial score (nSPS) is 13.6. The smallest absolute Gasteiger partial charge is 0.0714 e. The molecular weight excluding hydrogens is 783 g/mol. The quantitative estimate of drug-likeness (QED) is 0.155. The van der Waals surface area contributed by atoms with Gasteiger partial charge in [0.1, 0.15) is 0 Å². The zero-order chi connectivity index (χ0) is 43.5. The maximum atomic E-state index is 2.52. The average molecular weight is 830 g/mol. The highest BCUT2D eigenvalue weighted by Gasteiger charge is 2.44. The molecule has 1 heteroatoms. The first kappa shape index (κ1) is 38.7. The van der Waals surface area contributed by atoms with Gasteiger partial charge in [0.15, 0.2) is 0 Å². The van der Waals surface area contributed by atoms with Crippen molar-refractivity contribution >= 4 is 17.1 Å². The molecule has 10 aromatic rings. The van der Waals surface area contributed by atoms with Crippen LogP contribution in [0.5, 0.6) is 0 Å². The lowest BCUT2D eigenvalue weighted by Crippen LogP contribution is -2.32. The number of nitrogens with zero attached hydrogens (tertiary/aromatic N) is 1. The Morgan fingerprint density at radius 1 is 0.277 bits per heavy atom. The van der Waals surface area contributed by atoms with Gasteiger partial charge >= 0.3 is 0 Å². The molecule has 308 valence electrons. The van der Waals surface area contributed by atoms with Crippen LogP contribution in [0.25, 0.3) is 55.6 Å². The fourth-order valence-electron chi connectivity index (χ4n) is 11.2. The third-order valence-corrected chi connectivity index (χ3v) is 14.2. The van der Waals surface area contributed by atoms with Gasteiger partial charge in [0.05, 0.1) is 11.1 Å². The molecule has 0 heterocycles. The Morgan fingerprint density at radius 2 is 0.754 bits per heavy atom. The molecule has 0 aliphatic heterocycles. The van der Waals surface area contributed by atoms with Crippen LogP contribution < -0.4 is 4.90 Å². The van der Waals surface area contributed by atoms with Crippen molar-refractivity contribution in [2.24, 2.45) is 0 Å². The SMILES string of the molecule is CC1(C)c2ccccc2-c2ccc(N(c3cccc(C4(c5ccccc5)c5ccccc5-c5ccccc5-c5ccccc54)c3)c3ccc(-c4ccccc4)cc3-c3ccccc3)cc21. The molecule has 0 spiro atoms. The Balaban J connectivity index is 1.16. The molecule has 0 aromatic heterocycles. The topological polar surface area (TPSA) is 3.24 Å². The molecule has 2 aliphatic rings. The van der Waals surface area contributed by atoms with Crippen LogP contribution in [0, 0.1) is 0 Å². The Hall–Kier alpha value is -8.00. The van der Waals surface area contributed by atoms with Crippen molar-refractivity contribution < 1.29 is 0 Å². The van der Waals surface area contributed by atoms with Crippen molar-refractivity contribution in [1.29, 1.82) is 0 Å². The highest BCUT2D eigenvalue weighted by molar-refractivity contribution is 5.95. The minimum absolute atomic E-state index is 0.172. The van der Waals surface area contributed by atoms with Gasteiger partial charge in [-0.3, -0.25) is 0 Å². The van der Waals surface area contributed by atoms with Gasteiger partial charge in [-0.2, -0.15) is 0 Å². The van der Waals surface area contributed by atoms with E-state index < -0.39 is 5.41 Å². The fraction of sp³-hybridized carbons (Fsp3) is 0.0625. The third kappa shape index (κ3) is 6.07. The maximum Gasteiger partial charge on any atom is 0.0714 e. The molecule has 0 atom stereocenters. The Morgan fingerprint density at radius 3 is 1.38 bits per heavy atom. The number of anilines is 3. The first-order chi connectivity index (χ1) is 32.0. The van der Waals surface area contributed by atoms with Gasteiger partial charge in [0, 0.05) is 22.4 Å². The van der Waals surface area contributed by atoms with E-state index in [4.69, 9.17) is 0 Å². The highest BCUT2D eigenvalue weighted by atomic mass is 15.1. The predicted molar refractivity (Wildman–Crippen MR) is 272 cm³/mol. The molecule has 65 heavy (non-hydrogen) atoms. The summed E-state index contributed by atoms with van der Waals surface area (Å²) in [6, 6.07) is 92.4. The van der Waals surface area contributed by atoms with Crippen LogP contribution >= 0.6 is 0 Å². The number of fused-ring (bicyclic) bond motifs is 8. The predicted octanol–water partition coefficient (Wildman–Crippen LogP) is 16.8. The highest BCUT2D eigenvalue weighted by Crippen LogP contribution is 2.56. The van der Waals surface area contributed by atoms with Crippen molar-refractivity contribution in [2.45, 2.75) is 24.7 Å². The Labute approximate surface area is 382 Å². The Bertz CT molecular complexity index is 3330. The summed E-state index contributed by atoms with van der Waals surface area (Å²) in [6.45, 7) is 4.75. The van der Waals surface area contributed by atoms with Gasteiger partial charge in [-0.05, 0) is 120 Å². The molecule has 0 saturated heterocycles. The minimum atomic E-state index is -0.670. The molecule has 2 aliphatic carbocycles. The number of hydrogen-bond donors (Lipinski definition) is 0. The standard InChI is InChI=1S/C64H47N/c1-63(2)58-34-17-14-33-55(58)56-39-38-50(43-61(56)63)65(62-40-37-46(44-21-6-3-7-22-44)41-57(62)45-23-8-4-9-24-45)49-28-20-27-48(42-49)64(47-25-10-5-11-26-47)59-35-18-15-31-53(59)51-29-12-13-30-52(51)54-32-16-19-36-60(54)64/h3-43H,1-2H3. The van der Waals surface area contributed by atoms with Crippen molar-refractivity contribution in [3.05, 3.63) is 282 Å². The third-order valence-electron chi connectivity index (χ3n) is 14.2. The van der Waals surface area contributed by atoms with E-state index in [9.17, 15) is 0 Å². The second-order valence-corrected chi connectivity index (χ2v) is 18.0. The van der Waals surface area contributed by atoms with E-state index in [2.05, 4.69) is 267 Å². The zero-order valence-corrected chi connectivity index (χ0v) is 36.6. The summed E-state index contributed by atoms with van der Waals surface area (Å²) in [6.07, 6.45) is 0. The van der Waals surface area contributed by atoms with E-state index in [-0.39, 0.29) is 5.41 Å². The van der Waals surface area contributed by atoms with E-state index in [1.165, 1.54) is 89.0 Å². The van der Waals surface area contributed by atoms with Crippen molar-refractivity contribution in [2.75, 3.05) is 4.90 Å². The second-order valence-electron chi connectivity index (χ2n) is 18.0. The van der Waals surface area contributed by atoms with Crippen LogP contribution in [0.1, 0.15) is 47.2 Å². The van der Waals surface area contributed by atoms with Crippen LogP contribution in [0.2, 0.25) is 0 Å². The number of rotatable bonds is 7. The van der Waals surface area contributed by atoms with Gasteiger partial charge in [-0.15, -0.1) is 0 Å². The molecule has 0 radical (unpaired) electrons. The van der Waals surface area contributed by atoms with Gasteiger partial charge < -0.3 is 4.90 Å². The van der Waals surface area contributed by atoms with Crippen LogP contribution in [-0.2, 0) is 10.8 Å². The molecule has 0 fully saturated rings. The van der Waals surface area contributed by atoms with E-state index in [1.807, 2.05) is 0 Å². The van der Waals surface area contributed by atoms with E-state index in [0.29, 0.717) is 0 Å². The lowest BCUT2D eigenvalue weighted by molar-refractivity contribution is 0.660. The van der Waals surface area contributed by atoms with Crippen molar-refractivity contribution in [1.82, 2.24) is 0 Å². The number of hydrogen-bond acceptors (Lipinski definition) is 1. The second kappa shape index (κ2) is 15.4. The summed E-state index contributed by atoms with van der Waals surface area (Å²) < 4.78 is 0. The first-order valence-corrected chi connectivity index (χ1v) is 22.8. The molecule has 0 bridgehead atoms. The summed E-state index contributed by atoms with van der Waals surface area (Å²) in [7, 11) is 0. The molecule has 0 amide bonds. The van der Waals surface area contributed by atoms with Crippen LogP contribution in [0.15, 0.2) is 249 Å². The van der Waals surface area contributed by atoms with E-state index in [1.54, 1.807) is 0 Å².